The normalized spacial score (nSPS) is 12.4. The Morgan fingerprint density at radius 3 is 2.61 bits per heavy atom. The quantitative estimate of drug-likeness (QED) is 0.898. The summed E-state index contributed by atoms with van der Waals surface area (Å²) in [6.07, 6.45) is 2.86. The molecule has 2 aromatic rings. The Balaban J connectivity index is 2.15. The van der Waals surface area contributed by atoms with Crippen molar-refractivity contribution >= 4 is 5.69 Å². The Morgan fingerprint density at radius 1 is 1.33 bits per heavy atom. The summed E-state index contributed by atoms with van der Waals surface area (Å²) in [6.45, 7) is 4.13. The molecule has 0 amide bonds. The Labute approximate surface area is 107 Å². The van der Waals surface area contributed by atoms with E-state index in [2.05, 4.69) is 24.3 Å². The molecule has 0 aliphatic rings. The van der Waals surface area contributed by atoms with Crippen LogP contribution in [0.3, 0.4) is 0 Å². The first-order valence-electron chi connectivity index (χ1n) is 6.14. The summed E-state index contributed by atoms with van der Waals surface area (Å²) in [5, 5.41) is 7.80. The van der Waals surface area contributed by atoms with Crippen LogP contribution in [0.25, 0.3) is 0 Å². The zero-order chi connectivity index (χ0) is 13.1. The third-order valence-corrected chi connectivity index (χ3v) is 2.98. The molecule has 0 saturated carbocycles. The van der Waals surface area contributed by atoms with E-state index in [1.807, 2.05) is 13.2 Å². The fraction of sp³-hybridized carbons (Fsp3) is 0.357. The highest BCUT2D eigenvalue weighted by Gasteiger charge is 2.10. The molecule has 1 atom stereocenters. The standard InChI is InChI=1S/C14H18FN3/c1-4-13-14(9-18(3)17-13)16-10(2)11-5-7-12(15)8-6-11/h5-10,16H,4H2,1-3H3. The monoisotopic (exact) mass is 247 g/mol. The lowest BCUT2D eigenvalue weighted by Crippen LogP contribution is -2.07. The van der Waals surface area contributed by atoms with Gasteiger partial charge in [-0.3, -0.25) is 4.68 Å². The lowest BCUT2D eigenvalue weighted by Gasteiger charge is -2.15. The van der Waals surface area contributed by atoms with Crippen LogP contribution in [0.1, 0.15) is 31.1 Å². The van der Waals surface area contributed by atoms with Crippen LogP contribution in [0.2, 0.25) is 0 Å². The van der Waals surface area contributed by atoms with Gasteiger partial charge >= 0.3 is 0 Å². The molecule has 0 radical (unpaired) electrons. The average Bonchev–Trinajstić information content (AvgIpc) is 2.70. The highest BCUT2D eigenvalue weighted by molar-refractivity contribution is 5.48. The molecule has 18 heavy (non-hydrogen) atoms. The number of hydrogen-bond acceptors (Lipinski definition) is 2. The second kappa shape index (κ2) is 5.21. The van der Waals surface area contributed by atoms with Gasteiger partial charge < -0.3 is 5.32 Å². The first-order chi connectivity index (χ1) is 8.60. The summed E-state index contributed by atoms with van der Waals surface area (Å²) in [5.74, 6) is -0.207. The van der Waals surface area contributed by atoms with Crippen LogP contribution >= 0.6 is 0 Å². The maximum atomic E-state index is 12.9. The predicted octanol–water partition coefficient (Wildman–Crippen LogP) is 3.29. The summed E-state index contributed by atoms with van der Waals surface area (Å²) in [7, 11) is 1.91. The van der Waals surface area contributed by atoms with Gasteiger partial charge in [0.2, 0.25) is 0 Å². The van der Waals surface area contributed by atoms with Gasteiger partial charge in [-0.1, -0.05) is 19.1 Å². The number of aromatic nitrogens is 2. The van der Waals surface area contributed by atoms with E-state index in [1.54, 1.807) is 16.8 Å². The van der Waals surface area contributed by atoms with E-state index < -0.39 is 0 Å². The smallest absolute Gasteiger partial charge is 0.123 e. The summed E-state index contributed by atoms with van der Waals surface area (Å²) in [4.78, 5) is 0. The van der Waals surface area contributed by atoms with Crippen LogP contribution in [0.4, 0.5) is 10.1 Å². The molecule has 1 aromatic heterocycles. The SMILES string of the molecule is CCc1nn(C)cc1NC(C)c1ccc(F)cc1. The van der Waals surface area contributed by atoms with Crippen LogP contribution in [0.5, 0.6) is 0 Å². The van der Waals surface area contributed by atoms with E-state index >= 15 is 0 Å². The summed E-state index contributed by atoms with van der Waals surface area (Å²) >= 11 is 0. The number of rotatable bonds is 4. The summed E-state index contributed by atoms with van der Waals surface area (Å²) < 4.78 is 14.7. The zero-order valence-corrected chi connectivity index (χ0v) is 10.9. The van der Waals surface area contributed by atoms with Gasteiger partial charge in [-0.05, 0) is 31.0 Å². The molecule has 0 saturated heterocycles. The van der Waals surface area contributed by atoms with E-state index in [1.165, 1.54) is 12.1 Å². The van der Waals surface area contributed by atoms with Gasteiger partial charge in [-0.15, -0.1) is 0 Å². The number of nitrogens with one attached hydrogen (secondary N) is 1. The molecule has 1 unspecified atom stereocenters. The van der Waals surface area contributed by atoms with Crippen LogP contribution in [-0.2, 0) is 13.5 Å². The molecule has 1 N–H and O–H groups in total. The molecule has 3 nitrogen and oxygen atoms in total. The van der Waals surface area contributed by atoms with E-state index in [9.17, 15) is 4.39 Å². The van der Waals surface area contributed by atoms with Gasteiger partial charge in [0, 0.05) is 19.3 Å². The van der Waals surface area contributed by atoms with Crippen LogP contribution in [-0.4, -0.2) is 9.78 Å². The van der Waals surface area contributed by atoms with Crippen molar-refractivity contribution in [1.82, 2.24) is 9.78 Å². The minimum absolute atomic E-state index is 0.125. The van der Waals surface area contributed by atoms with Gasteiger partial charge in [0.25, 0.3) is 0 Å². The van der Waals surface area contributed by atoms with Crippen molar-refractivity contribution in [3.05, 3.63) is 47.5 Å². The Morgan fingerprint density at radius 2 is 2.00 bits per heavy atom. The van der Waals surface area contributed by atoms with E-state index in [-0.39, 0.29) is 11.9 Å². The minimum Gasteiger partial charge on any atom is -0.376 e. The van der Waals surface area contributed by atoms with Gasteiger partial charge in [0.15, 0.2) is 0 Å². The van der Waals surface area contributed by atoms with Crippen molar-refractivity contribution in [2.24, 2.45) is 7.05 Å². The third-order valence-electron chi connectivity index (χ3n) is 2.98. The third kappa shape index (κ3) is 2.70. The number of halogens is 1. The highest BCUT2D eigenvalue weighted by atomic mass is 19.1. The average molecular weight is 247 g/mol. The summed E-state index contributed by atoms with van der Waals surface area (Å²) in [6, 6.07) is 6.69. The molecule has 0 aliphatic heterocycles. The first-order valence-corrected chi connectivity index (χ1v) is 6.14. The molecule has 4 heteroatoms. The minimum atomic E-state index is -0.207. The van der Waals surface area contributed by atoms with Crippen molar-refractivity contribution in [2.45, 2.75) is 26.3 Å². The second-order valence-corrected chi connectivity index (χ2v) is 4.43. The molecule has 1 heterocycles. The number of aryl methyl sites for hydroxylation is 2. The predicted molar refractivity (Wildman–Crippen MR) is 71.0 cm³/mol. The van der Waals surface area contributed by atoms with Gasteiger partial charge in [0.1, 0.15) is 5.82 Å². The molecule has 0 fully saturated rings. The van der Waals surface area contributed by atoms with Crippen molar-refractivity contribution in [3.63, 3.8) is 0 Å². The van der Waals surface area contributed by atoms with Crippen LogP contribution < -0.4 is 5.32 Å². The van der Waals surface area contributed by atoms with Crippen molar-refractivity contribution < 1.29 is 4.39 Å². The molecule has 1 aromatic carbocycles. The molecular weight excluding hydrogens is 229 g/mol. The maximum Gasteiger partial charge on any atom is 0.123 e. The Hall–Kier alpha value is -1.84. The van der Waals surface area contributed by atoms with Crippen LogP contribution in [0, 0.1) is 5.82 Å². The van der Waals surface area contributed by atoms with Gasteiger partial charge in [-0.2, -0.15) is 5.10 Å². The van der Waals surface area contributed by atoms with E-state index in [0.717, 1.165) is 23.4 Å². The lowest BCUT2D eigenvalue weighted by molar-refractivity contribution is 0.626. The van der Waals surface area contributed by atoms with Gasteiger partial charge in [0.05, 0.1) is 11.4 Å². The molecule has 0 spiro atoms. The first kappa shape index (κ1) is 12.6. The van der Waals surface area contributed by atoms with Crippen molar-refractivity contribution in [3.8, 4) is 0 Å². The Bertz CT molecular complexity index is 516. The molecule has 96 valence electrons. The molecule has 0 bridgehead atoms. The molecule has 2 rings (SSSR count). The second-order valence-electron chi connectivity index (χ2n) is 4.43. The van der Waals surface area contributed by atoms with E-state index in [0.29, 0.717) is 0 Å². The zero-order valence-electron chi connectivity index (χ0n) is 10.9. The summed E-state index contributed by atoms with van der Waals surface area (Å²) in [5.41, 5.74) is 3.14. The van der Waals surface area contributed by atoms with Gasteiger partial charge in [-0.25, -0.2) is 4.39 Å². The van der Waals surface area contributed by atoms with Crippen molar-refractivity contribution in [2.75, 3.05) is 5.32 Å². The maximum absolute atomic E-state index is 12.9. The fourth-order valence-corrected chi connectivity index (χ4v) is 1.98. The number of benzene rings is 1. The highest BCUT2D eigenvalue weighted by Crippen LogP contribution is 2.22. The topological polar surface area (TPSA) is 29.9 Å². The molecular formula is C14H18FN3. The van der Waals surface area contributed by atoms with E-state index in [4.69, 9.17) is 0 Å². The van der Waals surface area contributed by atoms with Crippen LogP contribution in [0.15, 0.2) is 30.5 Å². The number of nitrogens with zero attached hydrogens (tertiary/aromatic N) is 2. The molecule has 0 aliphatic carbocycles. The van der Waals surface area contributed by atoms with Crippen molar-refractivity contribution in [1.29, 1.82) is 0 Å². The number of hydrogen-bond donors (Lipinski definition) is 1. The number of anilines is 1. The Kier molecular flexibility index (Phi) is 3.65. The largest absolute Gasteiger partial charge is 0.376 e. The fourth-order valence-electron chi connectivity index (χ4n) is 1.98. The lowest BCUT2D eigenvalue weighted by atomic mass is 10.1.